The molecule has 0 aliphatic carbocycles. The van der Waals surface area contributed by atoms with Gasteiger partial charge in [-0.3, -0.25) is 0 Å². The number of benzene rings is 3. The topological polar surface area (TPSA) is 38.0 Å². The van der Waals surface area contributed by atoms with Crippen LogP contribution in [0.1, 0.15) is 41.6 Å². The van der Waals surface area contributed by atoms with Crippen molar-refractivity contribution in [2.45, 2.75) is 31.2 Å². The highest BCUT2D eigenvalue weighted by atomic mass is 16.2. The van der Waals surface area contributed by atoms with E-state index in [1.165, 1.54) is 16.7 Å². The van der Waals surface area contributed by atoms with Crippen molar-refractivity contribution in [1.82, 2.24) is 9.55 Å². The Labute approximate surface area is 178 Å². The summed E-state index contributed by atoms with van der Waals surface area (Å²) in [7, 11) is 0. The minimum atomic E-state index is -0.500. The van der Waals surface area contributed by atoms with Crippen LogP contribution in [-0.2, 0) is 12.0 Å². The van der Waals surface area contributed by atoms with E-state index in [4.69, 9.17) is 10.1 Å². The average Bonchev–Trinajstić information content (AvgIpc) is 3.29. The largest absolute Gasteiger partial charge is 0.396 e. The number of nitrogens with zero attached hydrogens (tertiary/aromatic N) is 2. The third-order valence-corrected chi connectivity index (χ3v) is 5.69. The number of aliphatic hydroxyl groups is 1. The molecule has 3 aromatic carbocycles. The average molecular weight is 397 g/mol. The van der Waals surface area contributed by atoms with Gasteiger partial charge in [0.15, 0.2) is 0 Å². The fraction of sp³-hybridized carbons (Fsp3) is 0.222. The number of aryl methyl sites for hydroxylation is 1. The van der Waals surface area contributed by atoms with Gasteiger partial charge in [0.2, 0.25) is 0 Å². The molecule has 3 nitrogen and oxygen atoms in total. The van der Waals surface area contributed by atoms with Crippen molar-refractivity contribution in [2.24, 2.45) is 0 Å². The Morgan fingerprint density at radius 3 is 1.63 bits per heavy atom. The third-order valence-electron chi connectivity index (χ3n) is 5.69. The molecule has 0 atom stereocenters. The third kappa shape index (κ3) is 3.94. The number of hydrogen-bond acceptors (Lipinski definition) is 2. The van der Waals surface area contributed by atoms with Crippen LogP contribution in [-0.4, -0.2) is 21.3 Å². The summed E-state index contributed by atoms with van der Waals surface area (Å²) in [6.07, 6.45) is 7.97. The number of rotatable bonds is 9. The first kappa shape index (κ1) is 20.1. The van der Waals surface area contributed by atoms with E-state index < -0.39 is 5.54 Å². The number of aromatic nitrogens is 2. The molecule has 4 rings (SSSR count). The second-order valence-corrected chi connectivity index (χ2v) is 7.62. The van der Waals surface area contributed by atoms with Crippen LogP contribution < -0.4 is 0 Å². The van der Waals surface area contributed by atoms with Crippen molar-refractivity contribution in [3.8, 4) is 0 Å². The van der Waals surface area contributed by atoms with Crippen LogP contribution in [0.4, 0.5) is 0 Å². The Hall–Kier alpha value is -3.17. The molecule has 0 aliphatic heterocycles. The second-order valence-electron chi connectivity index (χ2n) is 7.62. The Bertz CT molecular complexity index is 930. The second kappa shape index (κ2) is 9.55. The molecule has 152 valence electrons. The predicted molar refractivity (Wildman–Crippen MR) is 121 cm³/mol. The monoisotopic (exact) mass is 396 g/mol. The standard InChI is InChI=1S/C27H28N2O/c30-20-12-4-11-19-26-21-29(22-28-26)27(23-13-5-1-6-14-23,24-15-7-2-8-16-24)25-17-9-3-10-18-25/h1-3,5-10,13-18,21-22,30H,4,11-12,19-20H2. The molecule has 0 saturated heterocycles. The normalized spacial score (nSPS) is 11.5. The molecule has 0 aliphatic rings. The van der Waals surface area contributed by atoms with Crippen LogP contribution in [0.5, 0.6) is 0 Å². The Balaban J connectivity index is 1.87. The smallest absolute Gasteiger partial charge is 0.121 e. The summed E-state index contributed by atoms with van der Waals surface area (Å²) < 4.78 is 2.26. The summed E-state index contributed by atoms with van der Waals surface area (Å²) in [5.41, 5.74) is 4.19. The van der Waals surface area contributed by atoms with Crippen molar-refractivity contribution in [3.05, 3.63) is 126 Å². The minimum absolute atomic E-state index is 0.258. The van der Waals surface area contributed by atoms with Gasteiger partial charge in [0.1, 0.15) is 5.54 Å². The Kier molecular flexibility index (Phi) is 6.41. The van der Waals surface area contributed by atoms with E-state index in [1.807, 2.05) is 6.33 Å². The van der Waals surface area contributed by atoms with Crippen LogP contribution in [0.3, 0.4) is 0 Å². The van der Waals surface area contributed by atoms with Crippen LogP contribution in [0.25, 0.3) is 0 Å². The van der Waals surface area contributed by atoms with Gasteiger partial charge in [-0.25, -0.2) is 4.98 Å². The molecule has 0 saturated carbocycles. The number of aliphatic hydroxyl groups excluding tert-OH is 1. The summed E-state index contributed by atoms with van der Waals surface area (Å²) in [4.78, 5) is 4.76. The summed E-state index contributed by atoms with van der Waals surface area (Å²) in [6.45, 7) is 0.258. The molecule has 0 amide bonds. The lowest BCUT2D eigenvalue weighted by atomic mass is 9.77. The first-order valence-corrected chi connectivity index (χ1v) is 10.7. The SMILES string of the molecule is OCCCCCc1cn(C(c2ccccc2)(c2ccccc2)c2ccccc2)cn1. The van der Waals surface area contributed by atoms with Gasteiger partial charge >= 0.3 is 0 Å². The molecular formula is C27H28N2O. The quantitative estimate of drug-likeness (QED) is 0.303. The van der Waals surface area contributed by atoms with E-state index in [2.05, 4.69) is 102 Å². The number of unbranched alkanes of at least 4 members (excludes halogenated alkanes) is 2. The van der Waals surface area contributed by atoms with Crippen LogP contribution in [0, 0.1) is 0 Å². The Morgan fingerprint density at radius 2 is 1.17 bits per heavy atom. The maximum atomic E-state index is 9.03. The van der Waals surface area contributed by atoms with Gasteiger partial charge in [-0.15, -0.1) is 0 Å². The molecule has 1 aromatic heterocycles. The van der Waals surface area contributed by atoms with E-state index in [1.54, 1.807) is 0 Å². The van der Waals surface area contributed by atoms with Gasteiger partial charge in [-0.05, 0) is 36.0 Å². The van der Waals surface area contributed by atoms with Crippen molar-refractivity contribution in [3.63, 3.8) is 0 Å². The summed E-state index contributed by atoms with van der Waals surface area (Å²) in [6, 6.07) is 32.0. The van der Waals surface area contributed by atoms with Crippen molar-refractivity contribution < 1.29 is 5.11 Å². The zero-order chi connectivity index (χ0) is 20.7. The molecule has 1 N–H and O–H groups in total. The molecule has 0 bridgehead atoms. The minimum Gasteiger partial charge on any atom is -0.396 e. The fourth-order valence-corrected chi connectivity index (χ4v) is 4.26. The zero-order valence-electron chi connectivity index (χ0n) is 17.2. The van der Waals surface area contributed by atoms with Crippen molar-refractivity contribution >= 4 is 0 Å². The maximum Gasteiger partial charge on any atom is 0.121 e. The van der Waals surface area contributed by atoms with E-state index in [0.29, 0.717) is 0 Å². The molecule has 0 spiro atoms. The van der Waals surface area contributed by atoms with Gasteiger partial charge in [0, 0.05) is 12.8 Å². The highest BCUT2D eigenvalue weighted by Gasteiger charge is 2.38. The van der Waals surface area contributed by atoms with Crippen LogP contribution >= 0.6 is 0 Å². The van der Waals surface area contributed by atoms with Crippen molar-refractivity contribution in [1.29, 1.82) is 0 Å². The lowest BCUT2D eigenvalue weighted by Gasteiger charge is -2.37. The van der Waals surface area contributed by atoms with Gasteiger partial charge in [0.05, 0.1) is 12.0 Å². The van der Waals surface area contributed by atoms with Crippen LogP contribution in [0.2, 0.25) is 0 Å². The molecule has 0 radical (unpaired) electrons. The van der Waals surface area contributed by atoms with E-state index in [0.717, 1.165) is 31.4 Å². The molecule has 0 fully saturated rings. The first-order valence-electron chi connectivity index (χ1n) is 10.7. The zero-order valence-corrected chi connectivity index (χ0v) is 17.2. The van der Waals surface area contributed by atoms with Gasteiger partial charge in [-0.1, -0.05) is 97.4 Å². The first-order chi connectivity index (χ1) is 14.9. The van der Waals surface area contributed by atoms with E-state index in [9.17, 15) is 0 Å². The highest BCUT2D eigenvalue weighted by Crippen LogP contribution is 2.40. The van der Waals surface area contributed by atoms with E-state index >= 15 is 0 Å². The molecule has 3 heteroatoms. The molecule has 4 aromatic rings. The molecular weight excluding hydrogens is 368 g/mol. The lowest BCUT2D eigenvalue weighted by molar-refractivity contribution is 0.283. The summed E-state index contributed by atoms with van der Waals surface area (Å²) in [5, 5.41) is 9.03. The molecule has 1 heterocycles. The molecule has 0 unspecified atom stereocenters. The number of imidazole rings is 1. The predicted octanol–water partition coefficient (Wildman–Crippen LogP) is 5.43. The fourth-order valence-electron chi connectivity index (χ4n) is 4.26. The van der Waals surface area contributed by atoms with Gasteiger partial charge in [-0.2, -0.15) is 0 Å². The van der Waals surface area contributed by atoms with Crippen molar-refractivity contribution in [2.75, 3.05) is 6.61 Å². The number of hydrogen-bond donors (Lipinski definition) is 1. The van der Waals surface area contributed by atoms with Crippen LogP contribution in [0.15, 0.2) is 104 Å². The molecule has 30 heavy (non-hydrogen) atoms. The highest BCUT2D eigenvalue weighted by molar-refractivity contribution is 5.50. The maximum absolute atomic E-state index is 9.03. The van der Waals surface area contributed by atoms with E-state index in [-0.39, 0.29) is 6.61 Å². The van der Waals surface area contributed by atoms with Gasteiger partial charge < -0.3 is 9.67 Å². The van der Waals surface area contributed by atoms with Gasteiger partial charge in [0.25, 0.3) is 0 Å². The summed E-state index contributed by atoms with van der Waals surface area (Å²) in [5.74, 6) is 0. The lowest BCUT2D eigenvalue weighted by Crippen LogP contribution is -2.36. The Morgan fingerprint density at radius 1 is 0.667 bits per heavy atom. The summed E-state index contributed by atoms with van der Waals surface area (Å²) >= 11 is 0.